The minimum absolute atomic E-state index is 0.175. The van der Waals surface area contributed by atoms with Gasteiger partial charge in [-0.15, -0.1) is 0 Å². The van der Waals surface area contributed by atoms with Crippen molar-refractivity contribution in [3.63, 3.8) is 0 Å². The SMILES string of the molecule is COc1ccccc1CN1C[C@@H](c2cccc(C)n2)[C@@]2(CCCCC(=O)N2)C1. The lowest BCUT2D eigenvalue weighted by Gasteiger charge is -2.34. The number of nitrogens with zero attached hydrogens (tertiary/aromatic N) is 2. The number of carbonyl (C=O) groups excluding carboxylic acids is 1. The molecule has 28 heavy (non-hydrogen) atoms. The average molecular weight is 380 g/mol. The second kappa shape index (κ2) is 7.92. The fourth-order valence-corrected chi connectivity index (χ4v) is 4.85. The molecule has 0 bridgehead atoms. The van der Waals surface area contributed by atoms with Gasteiger partial charge < -0.3 is 10.1 Å². The summed E-state index contributed by atoms with van der Waals surface area (Å²) in [5.41, 5.74) is 3.05. The molecule has 3 heterocycles. The van der Waals surface area contributed by atoms with Crippen LogP contribution in [-0.4, -0.2) is 41.5 Å². The zero-order valence-electron chi connectivity index (χ0n) is 16.8. The highest BCUT2D eigenvalue weighted by molar-refractivity contribution is 5.77. The van der Waals surface area contributed by atoms with Crippen LogP contribution in [0.4, 0.5) is 0 Å². The number of methoxy groups -OCH3 is 1. The Kier molecular flexibility index (Phi) is 5.36. The van der Waals surface area contributed by atoms with E-state index in [9.17, 15) is 4.79 Å². The van der Waals surface area contributed by atoms with Gasteiger partial charge in [0.2, 0.25) is 5.91 Å². The highest BCUT2D eigenvalue weighted by Gasteiger charge is 2.49. The van der Waals surface area contributed by atoms with Crippen LogP contribution < -0.4 is 10.1 Å². The van der Waals surface area contributed by atoms with Crippen molar-refractivity contribution < 1.29 is 9.53 Å². The monoisotopic (exact) mass is 379 g/mol. The van der Waals surface area contributed by atoms with Gasteiger partial charge in [-0.05, 0) is 38.0 Å². The van der Waals surface area contributed by atoms with E-state index in [1.165, 1.54) is 5.56 Å². The van der Waals surface area contributed by atoms with Crippen LogP contribution in [-0.2, 0) is 11.3 Å². The van der Waals surface area contributed by atoms with Crippen LogP contribution >= 0.6 is 0 Å². The third-order valence-corrected chi connectivity index (χ3v) is 6.13. The average Bonchev–Trinajstić information content (AvgIpc) is 2.91. The molecular weight excluding hydrogens is 350 g/mol. The highest BCUT2D eigenvalue weighted by Crippen LogP contribution is 2.41. The molecule has 2 aliphatic heterocycles. The van der Waals surface area contributed by atoms with E-state index in [-0.39, 0.29) is 17.4 Å². The summed E-state index contributed by atoms with van der Waals surface area (Å²) >= 11 is 0. The summed E-state index contributed by atoms with van der Waals surface area (Å²) in [6, 6.07) is 14.4. The number of hydrogen-bond donors (Lipinski definition) is 1. The summed E-state index contributed by atoms with van der Waals surface area (Å²) < 4.78 is 5.55. The Morgan fingerprint density at radius 2 is 2.07 bits per heavy atom. The Labute approximate surface area is 167 Å². The van der Waals surface area contributed by atoms with E-state index in [2.05, 4.69) is 34.5 Å². The van der Waals surface area contributed by atoms with Crippen molar-refractivity contribution >= 4 is 5.91 Å². The van der Waals surface area contributed by atoms with Gasteiger partial charge in [-0.3, -0.25) is 14.7 Å². The Morgan fingerprint density at radius 3 is 2.89 bits per heavy atom. The fourth-order valence-electron chi connectivity index (χ4n) is 4.85. The number of likely N-dealkylation sites (tertiary alicyclic amines) is 1. The highest BCUT2D eigenvalue weighted by atomic mass is 16.5. The van der Waals surface area contributed by atoms with Gasteiger partial charge in [-0.1, -0.05) is 30.7 Å². The van der Waals surface area contributed by atoms with Crippen molar-refractivity contribution in [2.75, 3.05) is 20.2 Å². The second-order valence-electron chi connectivity index (χ2n) is 8.15. The number of para-hydroxylation sites is 1. The molecule has 2 saturated heterocycles. The number of rotatable bonds is 4. The molecule has 1 aromatic heterocycles. The summed E-state index contributed by atoms with van der Waals surface area (Å²) in [6.07, 6.45) is 3.67. The molecule has 2 fully saturated rings. The van der Waals surface area contributed by atoms with Crippen molar-refractivity contribution in [3.8, 4) is 5.75 Å². The van der Waals surface area contributed by atoms with Crippen molar-refractivity contribution in [2.45, 2.75) is 50.6 Å². The van der Waals surface area contributed by atoms with E-state index in [0.717, 1.165) is 56.0 Å². The Balaban J connectivity index is 1.66. The summed E-state index contributed by atoms with van der Waals surface area (Å²) in [4.78, 5) is 19.8. The lowest BCUT2D eigenvalue weighted by molar-refractivity contribution is -0.122. The first-order chi connectivity index (χ1) is 13.6. The standard InChI is InChI=1S/C23H29N3O2/c1-17-8-7-10-20(24-17)19-15-26(14-18-9-3-4-11-21(18)28-2)16-23(19)13-6-5-12-22(27)25-23/h3-4,7-11,19H,5-6,12-16H2,1-2H3,(H,25,27)/t19-,23+/m0/s1. The summed E-state index contributed by atoms with van der Waals surface area (Å²) in [5.74, 6) is 1.29. The van der Waals surface area contributed by atoms with Gasteiger partial charge in [-0.25, -0.2) is 0 Å². The Morgan fingerprint density at radius 1 is 1.21 bits per heavy atom. The maximum Gasteiger partial charge on any atom is 0.220 e. The molecule has 2 atom stereocenters. The molecule has 2 aliphatic rings. The number of hydrogen-bond acceptors (Lipinski definition) is 4. The number of aryl methyl sites for hydroxylation is 1. The zero-order chi connectivity index (χ0) is 19.6. The minimum atomic E-state index is -0.240. The van der Waals surface area contributed by atoms with E-state index in [1.54, 1.807) is 7.11 Å². The van der Waals surface area contributed by atoms with Gasteiger partial charge in [0.25, 0.3) is 0 Å². The number of ether oxygens (including phenoxy) is 1. The van der Waals surface area contributed by atoms with Crippen LogP contribution in [0.25, 0.3) is 0 Å². The lowest BCUT2D eigenvalue weighted by atomic mass is 9.81. The summed E-state index contributed by atoms with van der Waals surface area (Å²) in [6.45, 7) is 4.57. The summed E-state index contributed by atoms with van der Waals surface area (Å²) in [5, 5.41) is 3.41. The number of aromatic nitrogens is 1. The first-order valence-electron chi connectivity index (χ1n) is 10.2. The van der Waals surface area contributed by atoms with E-state index < -0.39 is 0 Å². The third-order valence-electron chi connectivity index (χ3n) is 6.13. The molecule has 1 spiro atoms. The minimum Gasteiger partial charge on any atom is -0.496 e. The van der Waals surface area contributed by atoms with Crippen LogP contribution in [0.2, 0.25) is 0 Å². The normalized spacial score (nSPS) is 25.5. The maximum atomic E-state index is 12.5. The van der Waals surface area contributed by atoms with Crippen LogP contribution in [0.3, 0.4) is 0 Å². The zero-order valence-corrected chi connectivity index (χ0v) is 16.8. The molecule has 2 aromatic rings. The van der Waals surface area contributed by atoms with Crippen LogP contribution in [0.1, 0.15) is 48.6 Å². The Bertz CT molecular complexity index is 853. The first kappa shape index (κ1) is 18.9. The van der Waals surface area contributed by atoms with E-state index in [1.807, 2.05) is 25.1 Å². The van der Waals surface area contributed by atoms with Gasteiger partial charge in [-0.2, -0.15) is 0 Å². The largest absolute Gasteiger partial charge is 0.496 e. The maximum absolute atomic E-state index is 12.5. The quantitative estimate of drug-likeness (QED) is 0.884. The van der Waals surface area contributed by atoms with Gasteiger partial charge in [0.1, 0.15) is 5.75 Å². The molecule has 1 aromatic carbocycles. The van der Waals surface area contributed by atoms with Crippen LogP contribution in [0, 0.1) is 6.92 Å². The lowest BCUT2D eigenvalue weighted by Crippen LogP contribution is -2.52. The van der Waals surface area contributed by atoms with Gasteiger partial charge in [0.15, 0.2) is 0 Å². The van der Waals surface area contributed by atoms with Gasteiger partial charge >= 0.3 is 0 Å². The van der Waals surface area contributed by atoms with Crippen molar-refractivity contribution in [1.82, 2.24) is 15.2 Å². The van der Waals surface area contributed by atoms with Crippen LogP contribution in [0.5, 0.6) is 5.75 Å². The molecule has 4 rings (SSSR count). The predicted molar refractivity (Wildman–Crippen MR) is 109 cm³/mol. The molecule has 0 saturated carbocycles. The smallest absolute Gasteiger partial charge is 0.220 e. The van der Waals surface area contributed by atoms with Gasteiger partial charge in [0, 0.05) is 48.9 Å². The van der Waals surface area contributed by atoms with E-state index >= 15 is 0 Å². The molecule has 5 heteroatoms. The second-order valence-corrected chi connectivity index (χ2v) is 8.15. The number of pyridine rings is 1. The van der Waals surface area contributed by atoms with Crippen molar-refractivity contribution in [2.24, 2.45) is 0 Å². The topological polar surface area (TPSA) is 54.5 Å². The van der Waals surface area contributed by atoms with E-state index in [4.69, 9.17) is 9.72 Å². The van der Waals surface area contributed by atoms with Gasteiger partial charge in [0.05, 0.1) is 12.6 Å². The molecule has 5 nitrogen and oxygen atoms in total. The molecule has 1 N–H and O–H groups in total. The fraction of sp³-hybridized carbons (Fsp3) is 0.478. The molecular formula is C23H29N3O2. The third kappa shape index (κ3) is 3.76. The summed E-state index contributed by atoms with van der Waals surface area (Å²) in [7, 11) is 1.72. The molecule has 0 radical (unpaired) electrons. The molecule has 0 aliphatic carbocycles. The van der Waals surface area contributed by atoms with Crippen molar-refractivity contribution in [1.29, 1.82) is 0 Å². The first-order valence-corrected chi connectivity index (χ1v) is 10.2. The van der Waals surface area contributed by atoms with Crippen molar-refractivity contribution in [3.05, 3.63) is 59.4 Å². The Hall–Kier alpha value is -2.40. The predicted octanol–water partition coefficient (Wildman–Crippen LogP) is 3.43. The number of amides is 1. The van der Waals surface area contributed by atoms with Crippen LogP contribution in [0.15, 0.2) is 42.5 Å². The van der Waals surface area contributed by atoms with E-state index in [0.29, 0.717) is 6.42 Å². The molecule has 0 unspecified atom stereocenters. The number of carbonyl (C=O) groups is 1. The number of nitrogens with one attached hydrogen (secondary N) is 1. The number of benzene rings is 1. The molecule has 148 valence electrons. The molecule has 1 amide bonds.